The van der Waals surface area contributed by atoms with Crippen molar-refractivity contribution in [3.8, 4) is 0 Å². The zero-order valence-corrected chi connectivity index (χ0v) is 42.5. The van der Waals surface area contributed by atoms with Crippen molar-refractivity contribution >= 4 is 84.1 Å². The SMILES string of the molecule is CC(=O)OCCN1C(=CC=C2CCC(C=CC3=[N+](CCOC(C)=O)c4ccc5cc(SOO[O-])ccc5c4C3(C)C)=C2N(c2ccccc2)c2ccccc2)C(C)(C)c2c1ccc1cc(S(=O)(=O)[O-])ccc21. The molecule has 0 saturated carbocycles. The molecule has 1 aliphatic carbocycles. The van der Waals surface area contributed by atoms with Gasteiger partial charge >= 0.3 is 11.9 Å². The first kappa shape index (κ1) is 50.1. The molecule has 9 rings (SSSR count). The van der Waals surface area contributed by atoms with Crippen LogP contribution in [-0.4, -0.2) is 61.5 Å². The normalized spacial score (nSPS) is 17.2. The highest BCUT2D eigenvalue weighted by atomic mass is 32.2. The zero-order chi connectivity index (χ0) is 51.0. The van der Waals surface area contributed by atoms with Crippen molar-refractivity contribution in [2.24, 2.45) is 0 Å². The van der Waals surface area contributed by atoms with Crippen LogP contribution in [0.25, 0.3) is 21.5 Å². The molecular formula is C57H54N3O10S2-. The molecule has 0 atom stereocenters. The lowest BCUT2D eigenvalue weighted by Gasteiger charge is -2.29. The Morgan fingerprint density at radius 2 is 1.39 bits per heavy atom. The van der Waals surface area contributed by atoms with Crippen LogP contribution in [0.1, 0.15) is 65.5 Å². The number of carbonyl (C=O) groups excluding carboxylic acids is 2. The second-order valence-electron chi connectivity index (χ2n) is 18.9. The van der Waals surface area contributed by atoms with Crippen molar-refractivity contribution in [3.63, 3.8) is 0 Å². The first-order valence-corrected chi connectivity index (χ1v) is 25.8. The summed E-state index contributed by atoms with van der Waals surface area (Å²) in [6.45, 7) is 12.6. The third kappa shape index (κ3) is 9.75. The summed E-state index contributed by atoms with van der Waals surface area (Å²) in [6.07, 6.45) is 10.2. The first-order chi connectivity index (χ1) is 34.5. The second kappa shape index (κ2) is 20.3. The van der Waals surface area contributed by atoms with Crippen LogP contribution >= 0.6 is 12.0 Å². The van der Waals surface area contributed by atoms with E-state index in [0.717, 1.165) is 96.8 Å². The Balaban J connectivity index is 1.20. The number of esters is 2. The molecule has 0 N–H and O–H groups in total. The number of rotatable bonds is 16. The van der Waals surface area contributed by atoms with E-state index in [0.29, 0.717) is 29.8 Å². The molecule has 0 radical (unpaired) electrons. The first-order valence-electron chi connectivity index (χ1n) is 23.6. The summed E-state index contributed by atoms with van der Waals surface area (Å²) < 4.78 is 54.1. The van der Waals surface area contributed by atoms with E-state index < -0.39 is 20.9 Å². The molecule has 0 saturated heterocycles. The number of carbonyl (C=O) groups is 2. The highest BCUT2D eigenvalue weighted by Crippen LogP contribution is 2.52. The number of ether oxygens (including phenoxy) is 2. The molecule has 0 amide bonds. The average Bonchev–Trinajstić information content (AvgIpc) is 3.92. The minimum Gasteiger partial charge on any atom is -0.744 e. The molecule has 0 aromatic heterocycles. The molecular weight excluding hydrogens is 951 g/mol. The van der Waals surface area contributed by atoms with E-state index in [2.05, 4.69) is 106 Å². The number of benzene rings is 6. The molecule has 0 spiro atoms. The van der Waals surface area contributed by atoms with Crippen LogP contribution in [0.15, 0.2) is 178 Å². The Labute approximate surface area is 423 Å². The number of hydrogen-bond acceptors (Lipinski definition) is 13. The van der Waals surface area contributed by atoms with Gasteiger partial charge in [-0.1, -0.05) is 80.6 Å². The number of fused-ring (bicyclic) bond motifs is 6. The molecule has 0 fully saturated rings. The Hall–Kier alpha value is -6.85. The lowest BCUT2D eigenvalue weighted by molar-refractivity contribution is -0.777. The zero-order valence-electron chi connectivity index (χ0n) is 40.8. The van der Waals surface area contributed by atoms with Crippen molar-refractivity contribution in [2.45, 2.75) is 75.0 Å². The highest BCUT2D eigenvalue weighted by molar-refractivity contribution is 7.94. The van der Waals surface area contributed by atoms with Gasteiger partial charge in [0.2, 0.25) is 5.69 Å². The van der Waals surface area contributed by atoms with E-state index in [-0.39, 0.29) is 30.0 Å². The fraction of sp³-hybridized carbons (Fsp3) is 0.246. The van der Waals surface area contributed by atoms with Crippen molar-refractivity contribution in [1.82, 2.24) is 0 Å². The molecule has 2 aliphatic heterocycles. The van der Waals surface area contributed by atoms with Crippen LogP contribution in [0.5, 0.6) is 0 Å². The predicted octanol–water partition coefficient (Wildman–Crippen LogP) is 10.7. The third-order valence-corrected chi connectivity index (χ3v) is 15.1. The Morgan fingerprint density at radius 3 is 2.06 bits per heavy atom. The standard InChI is InChI=1S/C57H55N3O10S2/c1-37(61)67-33-31-58-49-27-19-41-35-45(71-70-69-63)23-25-47(41)53(49)56(3,4)51(58)29-21-39-17-18-40(55(39)60(43-13-9-7-10-14-43)44-15-11-8-12-16-44)22-30-52-57(5,6)54-48-26-24-46(72(64,65)66)36-42(48)20-28-50(54)59(52)32-34-68-38(2)62/h7-16,19-30,35-36H,17-18,31-34H2,1-6H3,(H-,63,64,65,66)/p-1. The summed E-state index contributed by atoms with van der Waals surface area (Å²) in [5, 5.41) is 17.7. The van der Waals surface area contributed by atoms with E-state index >= 15 is 0 Å². The maximum atomic E-state index is 12.1. The van der Waals surface area contributed by atoms with Crippen LogP contribution in [-0.2, 0) is 49.4 Å². The predicted molar refractivity (Wildman–Crippen MR) is 277 cm³/mol. The van der Waals surface area contributed by atoms with Crippen LogP contribution in [0.4, 0.5) is 22.7 Å². The van der Waals surface area contributed by atoms with Crippen LogP contribution < -0.4 is 15.1 Å². The number of para-hydroxylation sites is 2. The third-order valence-electron chi connectivity index (χ3n) is 13.7. The maximum absolute atomic E-state index is 12.1. The molecule has 3 aliphatic rings. The minimum absolute atomic E-state index is 0.139. The summed E-state index contributed by atoms with van der Waals surface area (Å²) in [5.41, 5.74) is 10.0. The largest absolute Gasteiger partial charge is 0.744 e. The maximum Gasteiger partial charge on any atom is 0.302 e. The van der Waals surface area contributed by atoms with Gasteiger partial charge in [0.25, 0.3) is 0 Å². The fourth-order valence-electron chi connectivity index (χ4n) is 10.7. The van der Waals surface area contributed by atoms with E-state index in [4.69, 9.17) is 9.47 Å². The van der Waals surface area contributed by atoms with Gasteiger partial charge < -0.3 is 29.1 Å². The molecule has 0 bridgehead atoms. The molecule has 15 heteroatoms. The number of nitrogens with zero attached hydrogens (tertiary/aromatic N) is 3. The molecule has 2 heterocycles. The van der Waals surface area contributed by atoms with Crippen molar-refractivity contribution in [1.29, 1.82) is 0 Å². The second-order valence-corrected chi connectivity index (χ2v) is 21.1. The molecule has 6 aromatic rings. The Bertz CT molecular complexity index is 3360. The van der Waals surface area contributed by atoms with Gasteiger partial charge in [-0.15, -0.1) is 0 Å². The minimum atomic E-state index is -4.68. The molecule has 72 heavy (non-hydrogen) atoms. The molecule has 13 nitrogen and oxygen atoms in total. The summed E-state index contributed by atoms with van der Waals surface area (Å²) in [5.74, 6) is -0.737. The number of hydrogen-bond donors (Lipinski definition) is 0. The van der Waals surface area contributed by atoms with Crippen molar-refractivity contribution in [3.05, 3.63) is 179 Å². The average molecular weight is 1010 g/mol. The van der Waals surface area contributed by atoms with Crippen LogP contribution in [0.3, 0.4) is 0 Å². The van der Waals surface area contributed by atoms with Crippen LogP contribution in [0, 0.1) is 0 Å². The van der Waals surface area contributed by atoms with E-state index in [1.165, 1.54) is 26.0 Å². The van der Waals surface area contributed by atoms with Gasteiger partial charge in [0.1, 0.15) is 16.7 Å². The van der Waals surface area contributed by atoms with Crippen molar-refractivity contribution < 1.29 is 51.2 Å². The van der Waals surface area contributed by atoms with Gasteiger partial charge in [0.05, 0.1) is 34.6 Å². The monoisotopic (exact) mass is 1000 g/mol. The molecule has 370 valence electrons. The highest BCUT2D eigenvalue weighted by Gasteiger charge is 2.46. The van der Waals surface area contributed by atoms with Gasteiger partial charge in [0.15, 0.2) is 18.9 Å². The van der Waals surface area contributed by atoms with Gasteiger partial charge in [-0.05, 0) is 132 Å². The summed E-state index contributed by atoms with van der Waals surface area (Å²) in [4.78, 5) is 29.0. The van der Waals surface area contributed by atoms with Crippen molar-refractivity contribution in [2.75, 3.05) is 36.1 Å². The summed E-state index contributed by atoms with van der Waals surface area (Å²) >= 11 is 0.846. The smallest absolute Gasteiger partial charge is 0.302 e. The topological polar surface area (TPSA) is 161 Å². The number of anilines is 3. The van der Waals surface area contributed by atoms with Gasteiger partial charge in [-0.25, -0.2) is 8.42 Å². The van der Waals surface area contributed by atoms with Crippen LogP contribution in [0.2, 0.25) is 0 Å². The summed E-state index contributed by atoms with van der Waals surface area (Å²) in [7, 11) is -4.68. The van der Waals surface area contributed by atoms with E-state index in [9.17, 15) is 27.8 Å². The summed E-state index contributed by atoms with van der Waals surface area (Å²) in [6, 6.07) is 38.9. The van der Waals surface area contributed by atoms with Gasteiger partial charge in [-0.3, -0.25) is 14.6 Å². The van der Waals surface area contributed by atoms with Gasteiger partial charge in [0, 0.05) is 64.6 Å². The van der Waals surface area contributed by atoms with Gasteiger partial charge in [-0.2, -0.15) is 8.91 Å². The quantitative estimate of drug-likeness (QED) is 0.0225. The van der Waals surface area contributed by atoms with E-state index in [1.807, 2.05) is 72.8 Å². The lowest BCUT2D eigenvalue weighted by Crippen LogP contribution is -2.29. The molecule has 0 unspecified atom stereocenters. The van der Waals surface area contributed by atoms with E-state index in [1.54, 1.807) is 6.07 Å². The number of allylic oxidation sites excluding steroid dienone is 7. The fourth-order valence-corrected chi connectivity index (χ4v) is 11.6. The molecule has 6 aromatic carbocycles. The lowest BCUT2D eigenvalue weighted by atomic mass is 9.79. The Morgan fingerprint density at radius 1 is 0.750 bits per heavy atom. The Kier molecular flexibility index (Phi) is 14.2.